The van der Waals surface area contributed by atoms with E-state index in [4.69, 9.17) is 0 Å². The number of carbonyl (C=O) groups is 2. The summed E-state index contributed by atoms with van der Waals surface area (Å²) in [6, 6.07) is 10.3. The number of carbonyl (C=O) groups excluding carboxylic acids is 2. The van der Waals surface area contributed by atoms with Crippen LogP contribution in [-0.2, 0) is 16.1 Å². The van der Waals surface area contributed by atoms with Gasteiger partial charge in [-0.2, -0.15) is 0 Å². The molecule has 23 heavy (non-hydrogen) atoms. The highest BCUT2D eigenvalue weighted by molar-refractivity contribution is 5.92. The van der Waals surface area contributed by atoms with Crippen molar-refractivity contribution in [1.82, 2.24) is 10.2 Å². The summed E-state index contributed by atoms with van der Waals surface area (Å²) in [5.74, 6) is -0.0454. The van der Waals surface area contributed by atoms with E-state index in [0.717, 1.165) is 18.4 Å². The first-order valence-corrected chi connectivity index (χ1v) is 8.74. The highest BCUT2D eigenvalue weighted by Crippen LogP contribution is 2.40. The largest absolute Gasteiger partial charge is 0.353 e. The van der Waals surface area contributed by atoms with E-state index in [9.17, 15) is 9.59 Å². The molecule has 2 atom stereocenters. The zero-order valence-corrected chi connectivity index (χ0v) is 13.8. The van der Waals surface area contributed by atoms with Gasteiger partial charge in [0.2, 0.25) is 11.8 Å². The van der Waals surface area contributed by atoms with Crippen molar-refractivity contribution >= 4 is 11.8 Å². The van der Waals surface area contributed by atoms with E-state index in [0.29, 0.717) is 19.0 Å². The number of benzene rings is 1. The Morgan fingerprint density at radius 3 is 2.48 bits per heavy atom. The maximum atomic E-state index is 12.5. The fraction of sp³-hybridized carbons (Fsp3) is 0.579. The van der Waals surface area contributed by atoms with Gasteiger partial charge in [0.25, 0.3) is 0 Å². The molecule has 2 aliphatic carbocycles. The maximum Gasteiger partial charge on any atom is 0.226 e. The summed E-state index contributed by atoms with van der Waals surface area (Å²) in [6.07, 6.45) is 6.57. The first kappa shape index (κ1) is 16.0. The van der Waals surface area contributed by atoms with Gasteiger partial charge >= 0.3 is 0 Å². The Morgan fingerprint density at radius 2 is 1.78 bits per heavy atom. The summed E-state index contributed by atoms with van der Waals surface area (Å²) in [5.41, 5.74) is 1.12. The SMILES string of the molecule is CN(Cc1ccccc1)C(=O)C1CC1C(=O)NC1CCCCC1. The first-order valence-electron chi connectivity index (χ1n) is 8.74. The quantitative estimate of drug-likeness (QED) is 0.908. The minimum absolute atomic E-state index is 0.0864. The molecule has 0 radical (unpaired) electrons. The summed E-state index contributed by atoms with van der Waals surface area (Å²) in [7, 11) is 1.82. The second kappa shape index (κ2) is 7.16. The summed E-state index contributed by atoms with van der Waals surface area (Å²) < 4.78 is 0. The second-order valence-electron chi connectivity index (χ2n) is 6.97. The number of nitrogens with zero attached hydrogens (tertiary/aromatic N) is 1. The molecule has 2 aliphatic rings. The van der Waals surface area contributed by atoms with Crippen molar-refractivity contribution in [2.45, 2.75) is 51.1 Å². The van der Waals surface area contributed by atoms with Crippen LogP contribution < -0.4 is 5.32 Å². The number of hydrogen-bond donors (Lipinski definition) is 1. The number of amides is 2. The average molecular weight is 314 g/mol. The van der Waals surface area contributed by atoms with Gasteiger partial charge < -0.3 is 10.2 Å². The molecule has 3 rings (SSSR count). The Labute approximate surface area is 138 Å². The van der Waals surface area contributed by atoms with Crippen LogP contribution in [0.25, 0.3) is 0 Å². The predicted molar refractivity (Wildman–Crippen MR) is 89.5 cm³/mol. The fourth-order valence-electron chi connectivity index (χ4n) is 3.53. The van der Waals surface area contributed by atoms with Gasteiger partial charge in [-0.25, -0.2) is 0 Å². The molecule has 4 nitrogen and oxygen atoms in total. The van der Waals surface area contributed by atoms with Gasteiger partial charge in [-0.1, -0.05) is 49.6 Å². The number of nitrogens with one attached hydrogen (secondary N) is 1. The molecule has 0 saturated heterocycles. The van der Waals surface area contributed by atoms with Crippen LogP contribution in [0.3, 0.4) is 0 Å². The molecular weight excluding hydrogens is 288 g/mol. The summed E-state index contributed by atoms with van der Waals surface area (Å²) in [6.45, 7) is 0.604. The van der Waals surface area contributed by atoms with E-state index in [1.165, 1.54) is 19.3 Å². The Balaban J connectivity index is 1.47. The first-order chi connectivity index (χ1) is 11.1. The van der Waals surface area contributed by atoms with E-state index in [-0.39, 0.29) is 23.7 Å². The van der Waals surface area contributed by atoms with E-state index in [2.05, 4.69) is 5.32 Å². The summed E-state index contributed by atoms with van der Waals surface area (Å²) in [5, 5.41) is 3.14. The molecule has 1 N–H and O–H groups in total. The van der Waals surface area contributed by atoms with Gasteiger partial charge in [0.1, 0.15) is 0 Å². The van der Waals surface area contributed by atoms with Gasteiger partial charge in [-0.15, -0.1) is 0 Å². The van der Waals surface area contributed by atoms with Crippen molar-refractivity contribution in [1.29, 1.82) is 0 Å². The molecule has 0 heterocycles. The summed E-state index contributed by atoms with van der Waals surface area (Å²) in [4.78, 5) is 26.5. The standard InChI is InChI=1S/C19H26N2O2/c1-21(13-14-8-4-2-5-9-14)19(23)17-12-16(17)18(22)20-15-10-6-3-7-11-15/h2,4-5,8-9,15-17H,3,6-7,10-13H2,1H3,(H,20,22). The Hall–Kier alpha value is -1.84. The van der Waals surface area contributed by atoms with Crippen molar-refractivity contribution in [3.63, 3.8) is 0 Å². The van der Waals surface area contributed by atoms with Crippen molar-refractivity contribution < 1.29 is 9.59 Å². The van der Waals surface area contributed by atoms with Crippen LogP contribution in [0.15, 0.2) is 30.3 Å². The van der Waals surface area contributed by atoms with E-state index in [1.54, 1.807) is 4.90 Å². The third-order valence-corrected chi connectivity index (χ3v) is 5.03. The lowest BCUT2D eigenvalue weighted by Gasteiger charge is -2.23. The minimum atomic E-state index is -0.118. The topological polar surface area (TPSA) is 49.4 Å². The molecule has 2 saturated carbocycles. The Kier molecular flexibility index (Phi) is 4.99. The van der Waals surface area contributed by atoms with Gasteiger partial charge in [-0.3, -0.25) is 9.59 Å². The molecule has 1 aromatic rings. The third kappa shape index (κ3) is 4.12. The lowest BCUT2D eigenvalue weighted by atomic mass is 9.95. The molecule has 2 amide bonds. The molecule has 4 heteroatoms. The van der Waals surface area contributed by atoms with Gasteiger partial charge in [0.05, 0.1) is 11.8 Å². The Bertz CT molecular complexity index is 552. The van der Waals surface area contributed by atoms with Crippen LogP contribution in [0.2, 0.25) is 0 Å². The Morgan fingerprint density at radius 1 is 1.09 bits per heavy atom. The van der Waals surface area contributed by atoms with Crippen LogP contribution in [-0.4, -0.2) is 29.8 Å². The molecule has 0 bridgehead atoms. The van der Waals surface area contributed by atoms with Crippen LogP contribution in [0, 0.1) is 11.8 Å². The minimum Gasteiger partial charge on any atom is -0.353 e. The summed E-state index contributed by atoms with van der Waals surface area (Å²) >= 11 is 0. The third-order valence-electron chi connectivity index (χ3n) is 5.03. The van der Waals surface area contributed by atoms with Crippen LogP contribution in [0.5, 0.6) is 0 Å². The predicted octanol–water partition coefficient (Wildman–Crippen LogP) is 2.73. The van der Waals surface area contributed by atoms with Gasteiger partial charge in [0, 0.05) is 19.6 Å². The molecule has 1 aromatic carbocycles. The van der Waals surface area contributed by atoms with Crippen molar-refractivity contribution in [2.75, 3.05) is 7.05 Å². The van der Waals surface area contributed by atoms with Crippen LogP contribution in [0.4, 0.5) is 0 Å². The molecule has 2 unspecified atom stereocenters. The zero-order valence-electron chi connectivity index (χ0n) is 13.8. The monoisotopic (exact) mass is 314 g/mol. The lowest BCUT2D eigenvalue weighted by molar-refractivity contribution is -0.134. The van der Waals surface area contributed by atoms with E-state index >= 15 is 0 Å². The normalized spacial score (nSPS) is 24.0. The molecule has 0 aliphatic heterocycles. The smallest absolute Gasteiger partial charge is 0.226 e. The molecule has 0 aromatic heterocycles. The number of rotatable bonds is 5. The lowest BCUT2D eigenvalue weighted by Crippen LogP contribution is -2.38. The fourth-order valence-corrected chi connectivity index (χ4v) is 3.53. The van der Waals surface area contributed by atoms with Gasteiger partial charge in [0.15, 0.2) is 0 Å². The maximum absolute atomic E-state index is 12.5. The molecule has 2 fully saturated rings. The van der Waals surface area contributed by atoms with Crippen LogP contribution in [0.1, 0.15) is 44.1 Å². The van der Waals surface area contributed by atoms with E-state index < -0.39 is 0 Å². The number of hydrogen-bond acceptors (Lipinski definition) is 2. The van der Waals surface area contributed by atoms with Crippen LogP contribution >= 0.6 is 0 Å². The zero-order chi connectivity index (χ0) is 16.2. The van der Waals surface area contributed by atoms with Crippen molar-refractivity contribution in [2.24, 2.45) is 11.8 Å². The highest BCUT2D eigenvalue weighted by atomic mass is 16.2. The molecular formula is C19H26N2O2. The van der Waals surface area contributed by atoms with Crippen molar-refractivity contribution in [3.05, 3.63) is 35.9 Å². The average Bonchev–Trinajstić information content (AvgIpc) is 3.37. The molecule has 0 spiro atoms. The van der Waals surface area contributed by atoms with Crippen molar-refractivity contribution in [3.8, 4) is 0 Å². The van der Waals surface area contributed by atoms with Gasteiger partial charge in [-0.05, 0) is 24.8 Å². The molecule has 124 valence electrons. The van der Waals surface area contributed by atoms with E-state index in [1.807, 2.05) is 37.4 Å². The second-order valence-corrected chi connectivity index (χ2v) is 6.97. The highest BCUT2D eigenvalue weighted by Gasteiger charge is 2.49.